The van der Waals surface area contributed by atoms with Crippen molar-refractivity contribution in [3.8, 4) is 5.75 Å². The molecule has 1 saturated heterocycles. The molecule has 0 amide bonds. The number of guanidine groups is 1. The molecule has 2 rings (SSSR count). The van der Waals surface area contributed by atoms with Crippen molar-refractivity contribution in [3.05, 3.63) is 28.7 Å². The Balaban J connectivity index is 0.00000338. The van der Waals surface area contributed by atoms with Gasteiger partial charge in [-0.05, 0) is 57.9 Å². The molecule has 5 nitrogen and oxygen atoms in total. The van der Waals surface area contributed by atoms with E-state index in [1.165, 1.54) is 0 Å². The number of hydrogen-bond donors (Lipinski definition) is 2. The number of nitrogens with zero attached hydrogens (tertiary/aromatic N) is 2. The summed E-state index contributed by atoms with van der Waals surface area (Å²) in [5.41, 5.74) is 0. The molecular weight excluding hydrogens is 507 g/mol. The molecule has 7 heteroatoms. The van der Waals surface area contributed by atoms with Gasteiger partial charge in [-0.1, -0.05) is 15.9 Å². The third kappa shape index (κ3) is 8.43. The second kappa shape index (κ2) is 12.8. The van der Waals surface area contributed by atoms with Gasteiger partial charge in [0.2, 0.25) is 0 Å². The van der Waals surface area contributed by atoms with E-state index in [2.05, 4.69) is 57.2 Å². The Morgan fingerprint density at radius 1 is 1.27 bits per heavy atom. The van der Waals surface area contributed by atoms with Crippen LogP contribution in [-0.4, -0.2) is 55.7 Å². The van der Waals surface area contributed by atoms with Crippen LogP contribution in [0.1, 0.15) is 33.6 Å². The summed E-state index contributed by atoms with van der Waals surface area (Å²) < 4.78 is 6.79. The molecular formula is C19H32BrIN4O. The molecule has 0 radical (unpaired) electrons. The van der Waals surface area contributed by atoms with Gasteiger partial charge in [0.25, 0.3) is 0 Å². The number of piperidine rings is 1. The smallest absolute Gasteiger partial charge is 0.191 e. The van der Waals surface area contributed by atoms with Crippen LogP contribution in [0.25, 0.3) is 0 Å². The lowest BCUT2D eigenvalue weighted by Crippen LogP contribution is -2.50. The Hall–Kier alpha value is -0.540. The lowest BCUT2D eigenvalue weighted by molar-refractivity contribution is 0.167. The molecule has 1 heterocycles. The van der Waals surface area contributed by atoms with E-state index in [-0.39, 0.29) is 24.0 Å². The second-order valence-electron chi connectivity index (χ2n) is 6.61. The van der Waals surface area contributed by atoms with E-state index in [9.17, 15) is 0 Å². The van der Waals surface area contributed by atoms with Crippen molar-refractivity contribution in [1.82, 2.24) is 15.5 Å². The lowest BCUT2D eigenvalue weighted by atomic mass is 10.0. The fraction of sp³-hybridized carbons (Fsp3) is 0.632. The van der Waals surface area contributed by atoms with E-state index in [0.717, 1.165) is 48.7 Å². The molecule has 0 unspecified atom stereocenters. The van der Waals surface area contributed by atoms with E-state index in [4.69, 9.17) is 4.74 Å². The van der Waals surface area contributed by atoms with Gasteiger partial charge < -0.3 is 20.3 Å². The molecule has 1 aliphatic heterocycles. The first-order chi connectivity index (χ1) is 12.1. The van der Waals surface area contributed by atoms with Crippen molar-refractivity contribution < 1.29 is 4.74 Å². The first-order valence-electron chi connectivity index (χ1n) is 9.25. The van der Waals surface area contributed by atoms with Crippen LogP contribution in [-0.2, 0) is 0 Å². The van der Waals surface area contributed by atoms with Crippen molar-refractivity contribution in [2.24, 2.45) is 4.99 Å². The maximum absolute atomic E-state index is 5.73. The van der Waals surface area contributed by atoms with Gasteiger partial charge in [0.05, 0.1) is 6.54 Å². The average Bonchev–Trinajstić information content (AvgIpc) is 2.61. The Kier molecular flexibility index (Phi) is 11.5. The molecule has 0 aromatic heterocycles. The third-order valence-corrected chi connectivity index (χ3v) is 4.92. The number of nitrogens with one attached hydrogen (secondary N) is 2. The van der Waals surface area contributed by atoms with Gasteiger partial charge >= 0.3 is 0 Å². The highest BCUT2D eigenvalue weighted by Gasteiger charge is 2.21. The Morgan fingerprint density at radius 2 is 1.92 bits per heavy atom. The normalized spacial score (nSPS) is 16.3. The van der Waals surface area contributed by atoms with E-state index in [0.29, 0.717) is 25.2 Å². The van der Waals surface area contributed by atoms with Crippen molar-refractivity contribution in [2.45, 2.75) is 45.7 Å². The molecule has 148 valence electrons. The predicted molar refractivity (Wildman–Crippen MR) is 124 cm³/mol. The highest BCUT2D eigenvalue weighted by atomic mass is 127. The number of halogens is 2. The number of likely N-dealkylation sites (tertiary alicyclic amines) is 1. The van der Waals surface area contributed by atoms with Crippen LogP contribution < -0.4 is 15.4 Å². The summed E-state index contributed by atoms with van der Waals surface area (Å²) in [5.74, 6) is 1.77. The number of benzene rings is 1. The average molecular weight is 539 g/mol. The summed E-state index contributed by atoms with van der Waals surface area (Å²) in [6.07, 6.45) is 2.33. The van der Waals surface area contributed by atoms with E-state index < -0.39 is 0 Å². The highest BCUT2D eigenvalue weighted by Crippen LogP contribution is 2.16. The highest BCUT2D eigenvalue weighted by molar-refractivity contribution is 14.0. The summed E-state index contributed by atoms with van der Waals surface area (Å²) in [7, 11) is 0. The van der Waals surface area contributed by atoms with Crippen LogP contribution in [0.4, 0.5) is 0 Å². The second-order valence-corrected chi connectivity index (χ2v) is 7.53. The molecule has 1 aromatic rings. The summed E-state index contributed by atoms with van der Waals surface area (Å²) in [5, 5.41) is 6.91. The fourth-order valence-electron chi connectivity index (χ4n) is 2.93. The van der Waals surface area contributed by atoms with Gasteiger partial charge in [0.15, 0.2) is 5.96 Å². The van der Waals surface area contributed by atoms with Crippen LogP contribution in [0.3, 0.4) is 0 Å². The van der Waals surface area contributed by atoms with Crippen LogP contribution in [0, 0.1) is 0 Å². The Labute approximate surface area is 183 Å². The first-order valence-corrected chi connectivity index (χ1v) is 10.0. The molecule has 0 aliphatic carbocycles. The Morgan fingerprint density at radius 3 is 2.50 bits per heavy atom. The van der Waals surface area contributed by atoms with Crippen LogP contribution in [0.15, 0.2) is 33.7 Å². The van der Waals surface area contributed by atoms with Crippen molar-refractivity contribution >= 4 is 45.9 Å². The van der Waals surface area contributed by atoms with Gasteiger partial charge in [-0.2, -0.15) is 0 Å². The van der Waals surface area contributed by atoms with Crippen LogP contribution in [0.2, 0.25) is 0 Å². The zero-order valence-electron chi connectivity index (χ0n) is 16.0. The number of ether oxygens (including phenoxy) is 1. The van der Waals surface area contributed by atoms with Crippen molar-refractivity contribution in [3.63, 3.8) is 0 Å². The van der Waals surface area contributed by atoms with Crippen molar-refractivity contribution in [2.75, 3.05) is 32.8 Å². The summed E-state index contributed by atoms with van der Waals surface area (Å²) >= 11 is 3.43. The van der Waals surface area contributed by atoms with Gasteiger partial charge in [-0.3, -0.25) is 0 Å². The zero-order chi connectivity index (χ0) is 18.1. The minimum Gasteiger partial charge on any atom is -0.492 e. The molecule has 26 heavy (non-hydrogen) atoms. The molecule has 0 spiro atoms. The number of rotatable bonds is 7. The van der Waals surface area contributed by atoms with Gasteiger partial charge in [-0.15, -0.1) is 24.0 Å². The van der Waals surface area contributed by atoms with Gasteiger partial charge in [0.1, 0.15) is 12.4 Å². The van der Waals surface area contributed by atoms with Gasteiger partial charge in [-0.25, -0.2) is 4.99 Å². The number of aliphatic imine (C=N–C) groups is 1. The van der Waals surface area contributed by atoms with E-state index in [1.807, 2.05) is 24.3 Å². The fourth-order valence-corrected chi connectivity index (χ4v) is 3.19. The third-order valence-electron chi connectivity index (χ3n) is 4.39. The standard InChI is InChI=1S/C19H31BrN4O.HI/c1-4-21-19(23-17-9-12-24(13-10-17)15(2)3)22-11-14-25-18-7-5-16(20)6-8-18;/h5-8,15,17H,4,9-14H2,1-3H3,(H2,21,22,23);1H. The maximum atomic E-state index is 5.73. The summed E-state index contributed by atoms with van der Waals surface area (Å²) in [6, 6.07) is 9.01. The maximum Gasteiger partial charge on any atom is 0.191 e. The monoisotopic (exact) mass is 538 g/mol. The molecule has 0 saturated carbocycles. The minimum atomic E-state index is 0. The van der Waals surface area contributed by atoms with E-state index >= 15 is 0 Å². The molecule has 2 N–H and O–H groups in total. The quantitative estimate of drug-likeness (QED) is 0.239. The largest absolute Gasteiger partial charge is 0.492 e. The lowest BCUT2D eigenvalue weighted by Gasteiger charge is -2.35. The molecule has 0 atom stereocenters. The Bertz CT molecular complexity index is 531. The van der Waals surface area contributed by atoms with E-state index in [1.54, 1.807) is 0 Å². The zero-order valence-corrected chi connectivity index (χ0v) is 19.9. The van der Waals surface area contributed by atoms with Crippen molar-refractivity contribution in [1.29, 1.82) is 0 Å². The molecule has 1 aliphatic rings. The number of hydrogen-bond acceptors (Lipinski definition) is 3. The van der Waals surface area contributed by atoms with Gasteiger partial charge in [0, 0.05) is 36.2 Å². The molecule has 1 aromatic carbocycles. The SMILES string of the molecule is CCNC(=NCCOc1ccc(Br)cc1)NC1CCN(C(C)C)CC1.I. The topological polar surface area (TPSA) is 48.9 Å². The van der Waals surface area contributed by atoms with Crippen LogP contribution >= 0.6 is 39.9 Å². The molecule has 1 fully saturated rings. The minimum absolute atomic E-state index is 0. The summed E-state index contributed by atoms with van der Waals surface area (Å²) in [6.45, 7) is 11.0. The first kappa shape index (κ1) is 23.5. The summed E-state index contributed by atoms with van der Waals surface area (Å²) in [4.78, 5) is 7.18. The predicted octanol–water partition coefficient (Wildman–Crippen LogP) is 3.87. The van der Waals surface area contributed by atoms with Crippen LogP contribution in [0.5, 0.6) is 5.75 Å². The molecule has 0 bridgehead atoms.